The number of aromatic nitrogens is 1. The third-order valence-corrected chi connectivity index (χ3v) is 5.81. The van der Waals surface area contributed by atoms with E-state index >= 15 is 0 Å². The van der Waals surface area contributed by atoms with Crippen LogP contribution in [0.2, 0.25) is 0 Å². The highest BCUT2D eigenvalue weighted by molar-refractivity contribution is 5.92. The van der Waals surface area contributed by atoms with Crippen LogP contribution in [0.4, 0.5) is 0 Å². The highest BCUT2D eigenvalue weighted by Crippen LogP contribution is 2.40. The fourth-order valence-corrected chi connectivity index (χ4v) is 4.19. The third-order valence-electron chi connectivity index (χ3n) is 5.81. The van der Waals surface area contributed by atoms with Crippen molar-refractivity contribution in [3.05, 3.63) is 17.5 Å². The Morgan fingerprint density at radius 1 is 1.32 bits per heavy atom. The minimum Gasteiger partial charge on any atom is -0.360 e. The van der Waals surface area contributed by atoms with Crippen molar-refractivity contribution in [3.8, 4) is 0 Å². The first-order valence-corrected chi connectivity index (χ1v) is 9.42. The van der Waals surface area contributed by atoms with E-state index in [0.717, 1.165) is 50.8 Å². The predicted octanol–water partition coefficient (Wildman–Crippen LogP) is 1.40. The van der Waals surface area contributed by atoms with Crippen molar-refractivity contribution < 1.29 is 14.1 Å². The molecular weight excluding hydrogens is 320 g/mol. The molecule has 7 nitrogen and oxygen atoms in total. The normalized spacial score (nSPS) is 28.2. The molecule has 0 radical (unpaired) electrons. The van der Waals surface area contributed by atoms with Crippen molar-refractivity contribution >= 4 is 11.8 Å². The first kappa shape index (κ1) is 16.6. The third kappa shape index (κ3) is 3.42. The Labute approximate surface area is 147 Å². The summed E-state index contributed by atoms with van der Waals surface area (Å²) in [6, 6.07) is 2.13. The Morgan fingerprint density at radius 3 is 2.84 bits per heavy atom. The summed E-state index contributed by atoms with van der Waals surface area (Å²) in [7, 11) is 0. The van der Waals surface area contributed by atoms with E-state index in [1.807, 2.05) is 4.90 Å². The number of amides is 2. The number of nitrogens with two attached hydrogens (primary N) is 1. The number of hydrogen-bond donors (Lipinski definition) is 2. The lowest BCUT2D eigenvalue weighted by Gasteiger charge is -2.49. The van der Waals surface area contributed by atoms with Crippen LogP contribution in [0.1, 0.15) is 67.1 Å². The molecule has 1 aromatic heterocycles. The van der Waals surface area contributed by atoms with Crippen LogP contribution < -0.4 is 11.1 Å². The van der Waals surface area contributed by atoms with Crippen LogP contribution in [0, 0.1) is 5.92 Å². The van der Waals surface area contributed by atoms with E-state index in [0.29, 0.717) is 30.5 Å². The minimum atomic E-state index is -0.158. The zero-order valence-electron chi connectivity index (χ0n) is 14.4. The molecule has 2 saturated heterocycles. The minimum absolute atomic E-state index is 0.117. The zero-order valence-corrected chi connectivity index (χ0v) is 14.4. The molecule has 4 aliphatic rings. The van der Waals surface area contributed by atoms with Crippen LogP contribution in [0.25, 0.3) is 0 Å². The van der Waals surface area contributed by atoms with E-state index in [1.165, 1.54) is 0 Å². The summed E-state index contributed by atoms with van der Waals surface area (Å²) in [6.45, 7) is 1.29. The summed E-state index contributed by atoms with van der Waals surface area (Å²) in [4.78, 5) is 26.8. The largest absolute Gasteiger partial charge is 0.360 e. The van der Waals surface area contributed by atoms with Gasteiger partial charge in [0.2, 0.25) is 5.91 Å². The molecule has 3 heterocycles. The zero-order chi connectivity index (χ0) is 17.4. The van der Waals surface area contributed by atoms with Crippen LogP contribution in [0.5, 0.6) is 0 Å². The molecule has 2 amide bonds. The molecule has 7 heteroatoms. The number of carbonyl (C=O) groups is 2. The van der Waals surface area contributed by atoms with Crippen molar-refractivity contribution in [3.63, 3.8) is 0 Å². The van der Waals surface area contributed by atoms with Crippen LogP contribution >= 0.6 is 0 Å². The Hall–Kier alpha value is -1.89. The maximum absolute atomic E-state index is 12.5. The molecule has 2 bridgehead atoms. The molecule has 2 aliphatic heterocycles. The van der Waals surface area contributed by atoms with Gasteiger partial charge in [-0.1, -0.05) is 5.16 Å². The first-order valence-electron chi connectivity index (χ1n) is 9.42. The van der Waals surface area contributed by atoms with Crippen LogP contribution in [-0.2, 0) is 4.79 Å². The van der Waals surface area contributed by atoms with Gasteiger partial charge in [-0.2, -0.15) is 0 Å². The molecule has 3 unspecified atom stereocenters. The van der Waals surface area contributed by atoms with Gasteiger partial charge in [0, 0.05) is 37.0 Å². The molecule has 136 valence electrons. The molecular formula is C18H26N4O3. The average molecular weight is 346 g/mol. The Kier molecular flexibility index (Phi) is 4.50. The number of nitrogens with one attached hydrogen (secondary N) is 1. The second-order valence-corrected chi connectivity index (χ2v) is 7.63. The van der Waals surface area contributed by atoms with Gasteiger partial charge >= 0.3 is 0 Å². The Morgan fingerprint density at radius 2 is 2.16 bits per heavy atom. The van der Waals surface area contributed by atoms with E-state index in [2.05, 4.69) is 10.5 Å². The molecule has 2 aliphatic carbocycles. The fourth-order valence-electron chi connectivity index (χ4n) is 4.19. The second kappa shape index (κ2) is 6.78. The van der Waals surface area contributed by atoms with Crippen molar-refractivity contribution in [1.29, 1.82) is 0 Å². The maximum atomic E-state index is 12.5. The van der Waals surface area contributed by atoms with E-state index < -0.39 is 0 Å². The topological polar surface area (TPSA) is 101 Å². The van der Waals surface area contributed by atoms with Gasteiger partial charge in [0.25, 0.3) is 5.91 Å². The molecule has 1 aromatic rings. The van der Waals surface area contributed by atoms with Gasteiger partial charge in [-0.3, -0.25) is 9.59 Å². The standard InChI is InChI=1S/C18H26N4O3/c19-7-1-2-17(23)22-10-12-5-6-13(22)8-14(12)20-18(24)15-9-16(25-21-15)11-3-4-11/h9,11-14H,1-8,10,19H2,(H,20,24). The monoisotopic (exact) mass is 346 g/mol. The molecule has 4 fully saturated rings. The van der Waals surface area contributed by atoms with Crippen molar-refractivity contribution in [2.75, 3.05) is 13.1 Å². The quantitative estimate of drug-likeness (QED) is 0.811. The smallest absolute Gasteiger partial charge is 0.273 e. The summed E-state index contributed by atoms with van der Waals surface area (Å²) in [6.07, 6.45) is 6.43. The number of fused-ring (bicyclic) bond motifs is 3. The Bertz CT molecular complexity index is 655. The van der Waals surface area contributed by atoms with Gasteiger partial charge < -0.3 is 20.5 Å². The SMILES string of the molecule is NCCCC(=O)N1CC2CCC1CC2NC(=O)c1cc(C2CC2)on1. The maximum Gasteiger partial charge on any atom is 0.273 e. The van der Waals surface area contributed by atoms with Crippen LogP contribution in [0.3, 0.4) is 0 Å². The summed E-state index contributed by atoms with van der Waals surface area (Å²) in [5, 5.41) is 7.04. The number of rotatable bonds is 6. The van der Waals surface area contributed by atoms with Gasteiger partial charge in [0.05, 0.1) is 0 Å². The van der Waals surface area contributed by atoms with Crippen LogP contribution in [-0.4, -0.2) is 47.0 Å². The van der Waals surface area contributed by atoms with E-state index in [-0.39, 0.29) is 23.9 Å². The Balaban J connectivity index is 1.35. The van der Waals surface area contributed by atoms with Crippen LogP contribution in [0.15, 0.2) is 10.6 Å². The highest BCUT2D eigenvalue weighted by Gasteiger charge is 2.42. The average Bonchev–Trinajstić information content (AvgIpc) is 3.36. The molecule has 25 heavy (non-hydrogen) atoms. The van der Waals surface area contributed by atoms with Gasteiger partial charge in [-0.05, 0) is 51.0 Å². The van der Waals surface area contributed by atoms with E-state index in [1.54, 1.807) is 6.07 Å². The lowest BCUT2D eigenvalue weighted by atomic mass is 9.76. The summed E-state index contributed by atoms with van der Waals surface area (Å²) >= 11 is 0. The highest BCUT2D eigenvalue weighted by atomic mass is 16.5. The van der Waals surface area contributed by atoms with Gasteiger partial charge in [-0.25, -0.2) is 0 Å². The van der Waals surface area contributed by atoms with Crippen molar-refractivity contribution in [2.45, 2.75) is 62.9 Å². The van der Waals surface area contributed by atoms with Gasteiger partial charge in [0.1, 0.15) is 5.76 Å². The predicted molar refractivity (Wildman–Crippen MR) is 90.9 cm³/mol. The summed E-state index contributed by atoms with van der Waals surface area (Å²) < 4.78 is 5.27. The molecule has 3 atom stereocenters. The van der Waals surface area contributed by atoms with E-state index in [9.17, 15) is 9.59 Å². The van der Waals surface area contributed by atoms with E-state index in [4.69, 9.17) is 10.3 Å². The molecule has 2 saturated carbocycles. The number of hydrogen-bond acceptors (Lipinski definition) is 5. The molecule has 0 spiro atoms. The molecule has 0 aromatic carbocycles. The summed E-state index contributed by atoms with van der Waals surface area (Å²) in [5.74, 6) is 1.65. The lowest BCUT2D eigenvalue weighted by Crippen LogP contribution is -2.60. The first-order chi connectivity index (χ1) is 12.2. The number of piperidine rings is 2. The fraction of sp³-hybridized carbons (Fsp3) is 0.722. The molecule has 3 N–H and O–H groups in total. The lowest BCUT2D eigenvalue weighted by molar-refractivity contribution is -0.139. The van der Waals surface area contributed by atoms with Gasteiger partial charge in [-0.15, -0.1) is 0 Å². The number of nitrogens with zero attached hydrogens (tertiary/aromatic N) is 2. The van der Waals surface area contributed by atoms with Gasteiger partial charge in [0.15, 0.2) is 5.69 Å². The van der Waals surface area contributed by atoms with Crippen molar-refractivity contribution in [2.24, 2.45) is 11.7 Å². The summed E-state index contributed by atoms with van der Waals surface area (Å²) in [5.41, 5.74) is 5.88. The second-order valence-electron chi connectivity index (χ2n) is 7.63. The number of carbonyl (C=O) groups excluding carboxylic acids is 2. The molecule has 5 rings (SSSR count). The van der Waals surface area contributed by atoms with Crippen molar-refractivity contribution in [1.82, 2.24) is 15.4 Å².